The Balaban J connectivity index is 1.50. The number of fused-ring (bicyclic) bond motifs is 1. The van der Waals surface area contributed by atoms with E-state index in [2.05, 4.69) is 20.6 Å². The Morgan fingerprint density at radius 2 is 1.84 bits per heavy atom. The highest BCUT2D eigenvalue weighted by molar-refractivity contribution is 5.98. The molecule has 1 heterocycles. The molecule has 0 spiro atoms. The summed E-state index contributed by atoms with van der Waals surface area (Å²) >= 11 is 0. The van der Waals surface area contributed by atoms with E-state index in [9.17, 15) is 9.59 Å². The molecule has 0 radical (unpaired) electrons. The summed E-state index contributed by atoms with van der Waals surface area (Å²) in [6, 6.07) is 12.2. The summed E-state index contributed by atoms with van der Waals surface area (Å²) < 4.78 is 5.16. The fourth-order valence-electron chi connectivity index (χ4n) is 2.46. The van der Waals surface area contributed by atoms with Crippen molar-refractivity contribution < 1.29 is 14.3 Å². The van der Waals surface area contributed by atoms with E-state index >= 15 is 0 Å². The van der Waals surface area contributed by atoms with Crippen LogP contribution in [-0.2, 0) is 0 Å². The highest BCUT2D eigenvalue weighted by Gasteiger charge is 2.11. The number of aromatic nitrogens is 2. The first-order valence-corrected chi connectivity index (χ1v) is 7.81. The molecule has 0 fully saturated rings. The maximum atomic E-state index is 12.1. The largest absolute Gasteiger partial charge is 0.496 e. The summed E-state index contributed by atoms with van der Waals surface area (Å²) in [4.78, 5) is 31.4. The van der Waals surface area contributed by atoms with Gasteiger partial charge in [-0.15, -0.1) is 0 Å². The zero-order chi connectivity index (χ0) is 17.6. The summed E-state index contributed by atoms with van der Waals surface area (Å²) in [5.74, 6) is 0.0607. The standard InChI is InChI=1S/C18H18N4O3/c1-25-16-5-3-2-4-13(16)18(24)20-9-8-19-17(23)12-6-7-14-15(10-12)22-11-21-14/h2-7,10-11H,8-9H2,1H3,(H,19,23)(H,20,24)(H,21,22). The maximum Gasteiger partial charge on any atom is 0.255 e. The molecular formula is C18H18N4O3. The monoisotopic (exact) mass is 338 g/mol. The van der Waals surface area contributed by atoms with E-state index in [0.29, 0.717) is 30.0 Å². The highest BCUT2D eigenvalue weighted by atomic mass is 16.5. The number of amides is 2. The third-order valence-corrected chi connectivity index (χ3v) is 3.73. The fourth-order valence-corrected chi connectivity index (χ4v) is 2.46. The van der Waals surface area contributed by atoms with Crippen molar-refractivity contribution in [1.82, 2.24) is 20.6 Å². The molecule has 2 amide bonds. The average Bonchev–Trinajstić information content (AvgIpc) is 3.12. The quantitative estimate of drug-likeness (QED) is 0.596. The van der Waals surface area contributed by atoms with Crippen molar-refractivity contribution in [2.75, 3.05) is 20.2 Å². The van der Waals surface area contributed by atoms with E-state index in [0.717, 1.165) is 11.0 Å². The molecule has 0 atom stereocenters. The fraction of sp³-hybridized carbons (Fsp3) is 0.167. The van der Waals surface area contributed by atoms with Gasteiger partial charge >= 0.3 is 0 Å². The van der Waals surface area contributed by atoms with Crippen LogP contribution < -0.4 is 15.4 Å². The zero-order valence-electron chi connectivity index (χ0n) is 13.7. The second kappa shape index (κ2) is 7.48. The molecule has 1 aromatic heterocycles. The first kappa shape index (κ1) is 16.5. The van der Waals surface area contributed by atoms with Crippen LogP contribution in [0.3, 0.4) is 0 Å². The van der Waals surface area contributed by atoms with Crippen LogP contribution in [-0.4, -0.2) is 42.0 Å². The van der Waals surface area contributed by atoms with E-state index in [1.54, 1.807) is 48.8 Å². The number of hydrogen-bond donors (Lipinski definition) is 3. The van der Waals surface area contributed by atoms with Crippen LogP contribution in [0, 0.1) is 0 Å². The minimum absolute atomic E-state index is 0.206. The van der Waals surface area contributed by atoms with E-state index in [-0.39, 0.29) is 11.8 Å². The molecule has 7 nitrogen and oxygen atoms in total. The third-order valence-electron chi connectivity index (χ3n) is 3.73. The van der Waals surface area contributed by atoms with Crippen LogP contribution in [0.25, 0.3) is 11.0 Å². The van der Waals surface area contributed by atoms with Crippen LogP contribution in [0.5, 0.6) is 5.75 Å². The second-order valence-corrected chi connectivity index (χ2v) is 5.35. The predicted octanol–water partition coefficient (Wildman–Crippen LogP) is 1.73. The Morgan fingerprint density at radius 3 is 2.64 bits per heavy atom. The van der Waals surface area contributed by atoms with Crippen molar-refractivity contribution >= 4 is 22.8 Å². The van der Waals surface area contributed by atoms with Gasteiger partial charge in [-0.05, 0) is 30.3 Å². The first-order valence-electron chi connectivity index (χ1n) is 7.81. The molecule has 2 aromatic carbocycles. The van der Waals surface area contributed by atoms with Gasteiger partial charge in [-0.3, -0.25) is 9.59 Å². The molecule has 0 unspecified atom stereocenters. The lowest BCUT2D eigenvalue weighted by molar-refractivity contribution is 0.0926. The average molecular weight is 338 g/mol. The Morgan fingerprint density at radius 1 is 1.08 bits per heavy atom. The lowest BCUT2D eigenvalue weighted by Gasteiger charge is -2.10. The van der Waals surface area contributed by atoms with E-state index in [4.69, 9.17) is 4.74 Å². The van der Waals surface area contributed by atoms with Crippen molar-refractivity contribution in [3.63, 3.8) is 0 Å². The summed E-state index contributed by atoms with van der Waals surface area (Å²) in [6.07, 6.45) is 1.58. The van der Waals surface area contributed by atoms with Gasteiger partial charge < -0.3 is 20.4 Å². The van der Waals surface area contributed by atoms with Crippen LogP contribution in [0.15, 0.2) is 48.8 Å². The minimum atomic E-state index is -0.245. The Labute approximate surface area is 144 Å². The number of para-hydroxylation sites is 1. The van der Waals surface area contributed by atoms with Crippen molar-refractivity contribution in [2.24, 2.45) is 0 Å². The van der Waals surface area contributed by atoms with Gasteiger partial charge in [0, 0.05) is 18.7 Å². The Hall–Kier alpha value is -3.35. The van der Waals surface area contributed by atoms with Crippen LogP contribution in [0.2, 0.25) is 0 Å². The molecule has 0 aliphatic heterocycles. The third kappa shape index (κ3) is 3.77. The minimum Gasteiger partial charge on any atom is -0.496 e. The van der Waals surface area contributed by atoms with Gasteiger partial charge in [0.05, 0.1) is 30.0 Å². The van der Waals surface area contributed by atoms with Gasteiger partial charge in [-0.1, -0.05) is 12.1 Å². The molecule has 0 bridgehead atoms. The molecule has 128 valence electrons. The number of rotatable bonds is 6. The van der Waals surface area contributed by atoms with Crippen molar-refractivity contribution in [1.29, 1.82) is 0 Å². The molecule has 0 saturated heterocycles. The number of aromatic amines is 1. The predicted molar refractivity (Wildman–Crippen MR) is 93.8 cm³/mol. The number of hydrogen-bond acceptors (Lipinski definition) is 4. The Bertz CT molecular complexity index is 904. The van der Waals surface area contributed by atoms with Crippen molar-refractivity contribution in [2.45, 2.75) is 0 Å². The number of nitrogens with zero attached hydrogens (tertiary/aromatic N) is 1. The number of benzene rings is 2. The molecule has 0 aliphatic carbocycles. The van der Waals surface area contributed by atoms with E-state index in [1.807, 2.05) is 0 Å². The van der Waals surface area contributed by atoms with Crippen LogP contribution in [0.1, 0.15) is 20.7 Å². The highest BCUT2D eigenvalue weighted by Crippen LogP contribution is 2.16. The lowest BCUT2D eigenvalue weighted by atomic mass is 10.2. The number of H-pyrrole nitrogens is 1. The zero-order valence-corrected chi connectivity index (χ0v) is 13.7. The molecular weight excluding hydrogens is 320 g/mol. The number of carbonyl (C=O) groups excluding carboxylic acids is 2. The molecule has 0 aliphatic rings. The molecule has 3 aromatic rings. The first-order chi connectivity index (χ1) is 12.2. The summed E-state index contributed by atoms with van der Waals surface area (Å²) in [5, 5.41) is 5.53. The number of ether oxygens (including phenoxy) is 1. The maximum absolute atomic E-state index is 12.1. The van der Waals surface area contributed by atoms with Gasteiger partial charge in [0.25, 0.3) is 11.8 Å². The molecule has 3 rings (SSSR count). The van der Waals surface area contributed by atoms with E-state index < -0.39 is 0 Å². The topological polar surface area (TPSA) is 96.1 Å². The van der Waals surface area contributed by atoms with Crippen molar-refractivity contribution in [3.8, 4) is 5.75 Å². The smallest absolute Gasteiger partial charge is 0.255 e. The summed E-state index contributed by atoms with van der Waals surface area (Å²) in [5.41, 5.74) is 2.60. The number of carbonyl (C=O) groups is 2. The molecule has 7 heteroatoms. The number of methoxy groups -OCH3 is 1. The van der Waals surface area contributed by atoms with Crippen molar-refractivity contribution in [3.05, 3.63) is 59.9 Å². The van der Waals surface area contributed by atoms with E-state index in [1.165, 1.54) is 7.11 Å². The van der Waals surface area contributed by atoms with Gasteiger partial charge in [0.1, 0.15) is 5.75 Å². The summed E-state index contributed by atoms with van der Waals surface area (Å²) in [7, 11) is 1.52. The van der Waals surface area contributed by atoms with Crippen LogP contribution >= 0.6 is 0 Å². The molecule has 25 heavy (non-hydrogen) atoms. The molecule has 0 saturated carbocycles. The number of nitrogens with one attached hydrogen (secondary N) is 3. The summed E-state index contributed by atoms with van der Waals surface area (Å²) in [6.45, 7) is 0.635. The normalized spacial score (nSPS) is 10.4. The molecule has 3 N–H and O–H groups in total. The Kier molecular flexibility index (Phi) is 4.94. The van der Waals surface area contributed by atoms with Gasteiger partial charge in [0.15, 0.2) is 0 Å². The van der Waals surface area contributed by atoms with Gasteiger partial charge in [0.2, 0.25) is 0 Å². The number of imidazole rings is 1. The van der Waals surface area contributed by atoms with Gasteiger partial charge in [-0.2, -0.15) is 0 Å². The van der Waals surface area contributed by atoms with Crippen LogP contribution in [0.4, 0.5) is 0 Å². The SMILES string of the molecule is COc1ccccc1C(=O)NCCNC(=O)c1ccc2nc[nH]c2c1. The second-order valence-electron chi connectivity index (χ2n) is 5.35. The van der Waals surface area contributed by atoms with Gasteiger partial charge in [-0.25, -0.2) is 4.98 Å². The lowest BCUT2D eigenvalue weighted by Crippen LogP contribution is -2.34.